The van der Waals surface area contributed by atoms with E-state index in [1.54, 1.807) is 58.1 Å². The molecule has 1 fully saturated rings. The average molecular weight is 614 g/mol. The molecule has 2 aromatic heterocycles. The lowest BCUT2D eigenvalue weighted by atomic mass is 9.93. The van der Waals surface area contributed by atoms with E-state index in [2.05, 4.69) is 15.3 Å². The molecule has 1 atom stereocenters. The Morgan fingerprint density at radius 1 is 1.11 bits per heavy atom. The van der Waals surface area contributed by atoms with Crippen LogP contribution in [-0.4, -0.2) is 98.8 Å². The fourth-order valence-electron chi connectivity index (χ4n) is 6.24. The third-order valence-corrected chi connectivity index (χ3v) is 8.85. The molecule has 4 aromatic rings. The number of fused-ring (bicyclic) bond motifs is 1. The van der Waals surface area contributed by atoms with Crippen molar-refractivity contribution in [3.05, 3.63) is 71.9 Å². The summed E-state index contributed by atoms with van der Waals surface area (Å²) in [5, 5.41) is 8.26. The zero-order valence-corrected chi connectivity index (χ0v) is 25.6. The molecule has 234 valence electrons. The lowest BCUT2D eigenvalue weighted by Crippen LogP contribution is -2.39. The quantitative estimate of drug-likeness (QED) is 0.322. The lowest BCUT2D eigenvalue weighted by molar-refractivity contribution is -0.131. The van der Waals surface area contributed by atoms with Crippen LogP contribution in [0.3, 0.4) is 0 Å². The van der Waals surface area contributed by atoms with Gasteiger partial charge in [0.25, 0.3) is 5.91 Å². The van der Waals surface area contributed by atoms with Crippen LogP contribution < -0.4 is 4.74 Å². The van der Waals surface area contributed by atoms with E-state index in [0.29, 0.717) is 66.9 Å². The van der Waals surface area contributed by atoms with E-state index >= 15 is 4.39 Å². The van der Waals surface area contributed by atoms with Crippen LogP contribution in [-0.2, 0) is 16.1 Å². The number of rotatable bonds is 8. The van der Waals surface area contributed by atoms with Crippen LogP contribution in [0.15, 0.2) is 54.9 Å². The highest BCUT2D eigenvalue weighted by Crippen LogP contribution is 2.40. The molecule has 2 aromatic carbocycles. The van der Waals surface area contributed by atoms with Crippen molar-refractivity contribution in [3.63, 3.8) is 0 Å². The molecule has 2 aliphatic rings. The molecule has 2 aliphatic heterocycles. The van der Waals surface area contributed by atoms with Crippen LogP contribution in [0, 0.1) is 5.82 Å². The Morgan fingerprint density at radius 2 is 1.93 bits per heavy atom. The summed E-state index contributed by atoms with van der Waals surface area (Å²) in [6, 6.07) is 10.9. The van der Waals surface area contributed by atoms with E-state index < -0.39 is 5.82 Å². The first-order valence-corrected chi connectivity index (χ1v) is 15.1. The molecule has 1 N–H and O–H groups in total. The van der Waals surface area contributed by atoms with Crippen molar-refractivity contribution in [1.29, 1.82) is 0 Å². The number of likely N-dealkylation sites (tertiary alicyclic amines) is 1. The van der Waals surface area contributed by atoms with Gasteiger partial charge in [0.15, 0.2) is 5.82 Å². The number of halogens is 1. The number of para-hydroxylation sites is 1. The molecule has 45 heavy (non-hydrogen) atoms. The first-order chi connectivity index (χ1) is 21.7. The summed E-state index contributed by atoms with van der Waals surface area (Å²) in [6.07, 6.45) is 6.77. The van der Waals surface area contributed by atoms with Crippen molar-refractivity contribution in [2.75, 3.05) is 40.3 Å². The van der Waals surface area contributed by atoms with Gasteiger partial charge >= 0.3 is 0 Å². The Labute approximate surface area is 260 Å². The van der Waals surface area contributed by atoms with Crippen LogP contribution in [0.25, 0.3) is 27.6 Å². The number of nitrogens with one attached hydrogen (secondary N) is 1. The Balaban J connectivity index is 1.35. The minimum Gasteiger partial charge on any atom is -0.496 e. The van der Waals surface area contributed by atoms with Crippen LogP contribution in [0.2, 0.25) is 0 Å². The lowest BCUT2D eigenvalue weighted by Gasteiger charge is -2.28. The topological polar surface area (TPSA) is 117 Å². The minimum atomic E-state index is -0.485. The number of likely N-dealkylation sites (N-methyl/N-ethyl adjacent to an activating group) is 1. The van der Waals surface area contributed by atoms with Crippen molar-refractivity contribution in [2.24, 2.45) is 0 Å². The summed E-state index contributed by atoms with van der Waals surface area (Å²) < 4.78 is 23.8. The molecule has 0 radical (unpaired) electrons. The number of benzene rings is 2. The van der Waals surface area contributed by atoms with Crippen LogP contribution in [0.4, 0.5) is 4.39 Å². The molecule has 0 bridgehead atoms. The molecule has 0 unspecified atom stereocenters. The summed E-state index contributed by atoms with van der Waals surface area (Å²) >= 11 is 0. The van der Waals surface area contributed by atoms with Crippen molar-refractivity contribution in [1.82, 2.24) is 34.7 Å². The zero-order valence-electron chi connectivity index (χ0n) is 25.6. The molecule has 6 rings (SSSR count). The zero-order chi connectivity index (χ0) is 31.7. The highest BCUT2D eigenvalue weighted by Gasteiger charge is 2.32. The van der Waals surface area contributed by atoms with E-state index in [-0.39, 0.29) is 47.9 Å². The third kappa shape index (κ3) is 5.92. The normalized spacial score (nSPS) is 16.6. The second kappa shape index (κ2) is 12.5. The number of aromatic amines is 1. The van der Waals surface area contributed by atoms with Crippen molar-refractivity contribution >= 4 is 34.2 Å². The molecule has 1 saturated heterocycles. The number of hydrogen-bond donors (Lipinski definition) is 1. The fourth-order valence-corrected chi connectivity index (χ4v) is 6.24. The standard InChI is InChI=1S/C33H36FN7O4/c1-21(42)38(2)23-10-14-40(20-23)33(44)28-18-27-26(24-8-4-5-9-29(24)45-3)17-25(31(34)32(27)36-28)22-7-6-13-39(19-22)30(43)11-15-41-16-12-35-37-41/h4-5,7-9,12,16-18,23,36H,6,10-11,13-15,19-20H2,1-3H3/t23-/m1/s1. The molecular formula is C33H36FN7O4. The van der Waals surface area contributed by atoms with Gasteiger partial charge in [0.2, 0.25) is 11.8 Å². The Morgan fingerprint density at radius 3 is 2.69 bits per heavy atom. The second-order valence-electron chi connectivity index (χ2n) is 11.5. The van der Waals surface area contributed by atoms with Gasteiger partial charge in [-0.25, -0.2) is 4.39 Å². The van der Waals surface area contributed by atoms with Gasteiger partial charge in [-0.1, -0.05) is 29.5 Å². The molecule has 0 saturated carbocycles. The van der Waals surface area contributed by atoms with Gasteiger partial charge in [-0.2, -0.15) is 0 Å². The maximum atomic E-state index is 16.5. The summed E-state index contributed by atoms with van der Waals surface area (Å²) in [5.41, 5.74) is 3.01. The Hall–Kier alpha value is -5.00. The van der Waals surface area contributed by atoms with Crippen LogP contribution in [0.1, 0.15) is 42.2 Å². The maximum absolute atomic E-state index is 16.5. The molecule has 12 heteroatoms. The van der Waals surface area contributed by atoms with Crippen molar-refractivity contribution < 1.29 is 23.5 Å². The number of methoxy groups -OCH3 is 1. The first-order valence-electron chi connectivity index (χ1n) is 15.1. The summed E-state index contributed by atoms with van der Waals surface area (Å²) in [6.45, 7) is 3.63. The SMILES string of the molecule is COc1ccccc1-c1cc(C2=CCCN(C(=O)CCn3ccnn3)C2)c(F)c2[nH]c(C(=O)N3CC[C@@H](N(C)C(C)=O)C3)cc12. The largest absolute Gasteiger partial charge is 0.496 e. The number of carbonyl (C=O) groups excluding carboxylic acids is 3. The number of ether oxygens (including phenoxy) is 1. The number of aromatic nitrogens is 4. The van der Waals surface area contributed by atoms with E-state index in [4.69, 9.17) is 4.74 Å². The second-order valence-corrected chi connectivity index (χ2v) is 11.5. The number of aryl methyl sites for hydroxylation is 1. The predicted octanol–water partition coefficient (Wildman–Crippen LogP) is 3.97. The number of amides is 3. The first kappa shape index (κ1) is 30.0. The number of nitrogens with zero attached hydrogens (tertiary/aromatic N) is 6. The molecular weight excluding hydrogens is 577 g/mol. The number of carbonyl (C=O) groups is 3. The van der Waals surface area contributed by atoms with Gasteiger partial charge in [0, 0.05) is 69.3 Å². The number of hydrogen-bond acceptors (Lipinski definition) is 6. The van der Waals surface area contributed by atoms with Gasteiger partial charge in [-0.3, -0.25) is 19.1 Å². The summed E-state index contributed by atoms with van der Waals surface area (Å²) in [7, 11) is 3.33. The van der Waals surface area contributed by atoms with Crippen LogP contribution >= 0.6 is 0 Å². The van der Waals surface area contributed by atoms with E-state index in [1.807, 2.05) is 30.3 Å². The summed E-state index contributed by atoms with van der Waals surface area (Å²) in [4.78, 5) is 46.8. The van der Waals surface area contributed by atoms with E-state index in [1.165, 1.54) is 6.92 Å². The summed E-state index contributed by atoms with van der Waals surface area (Å²) in [5.74, 6) is -0.221. The third-order valence-electron chi connectivity index (χ3n) is 8.85. The fraction of sp³-hybridized carbons (Fsp3) is 0.364. The van der Waals surface area contributed by atoms with Gasteiger partial charge in [0.1, 0.15) is 11.4 Å². The van der Waals surface area contributed by atoms with Crippen LogP contribution in [0.5, 0.6) is 5.75 Å². The predicted molar refractivity (Wildman–Crippen MR) is 167 cm³/mol. The molecule has 11 nitrogen and oxygen atoms in total. The van der Waals surface area contributed by atoms with Gasteiger partial charge < -0.3 is 24.4 Å². The molecule has 0 spiro atoms. The van der Waals surface area contributed by atoms with Crippen molar-refractivity contribution in [3.8, 4) is 16.9 Å². The highest BCUT2D eigenvalue weighted by molar-refractivity contribution is 6.05. The van der Waals surface area contributed by atoms with Gasteiger partial charge in [0.05, 0.1) is 31.4 Å². The molecule has 3 amide bonds. The smallest absolute Gasteiger partial charge is 0.270 e. The maximum Gasteiger partial charge on any atom is 0.270 e. The van der Waals surface area contributed by atoms with E-state index in [0.717, 1.165) is 5.56 Å². The molecule has 4 heterocycles. The highest BCUT2D eigenvalue weighted by atomic mass is 19.1. The minimum absolute atomic E-state index is 0.0466. The average Bonchev–Trinajstić information content (AvgIpc) is 3.85. The van der Waals surface area contributed by atoms with Crippen molar-refractivity contribution in [2.45, 2.75) is 38.8 Å². The van der Waals surface area contributed by atoms with Gasteiger partial charge in [-0.05, 0) is 42.2 Å². The Bertz CT molecular complexity index is 1780. The molecule has 0 aliphatic carbocycles. The monoisotopic (exact) mass is 613 g/mol. The number of H-pyrrole nitrogens is 1. The Kier molecular flexibility index (Phi) is 8.38. The van der Waals surface area contributed by atoms with Gasteiger partial charge in [-0.15, -0.1) is 5.10 Å². The van der Waals surface area contributed by atoms with E-state index in [9.17, 15) is 14.4 Å².